The predicted octanol–water partition coefficient (Wildman–Crippen LogP) is 9.16. The third-order valence-electron chi connectivity index (χ3n) is 8.78. The number of benzene rings is 5. The lowest BCUT2D eigenvalue weighted by atomic mass is 9.79. The molecule has 0 spiro atoms. The van der Waals surface area contributed by atoms with Gasteiger partial charge in [0.2, 0.25) is 0 Å². The second-order valence-corrected chi connectivity index (χ2v) is 11.7. The maximum Gasteiger partial charge on any atom is 0.0331 e. The van der Waals surface area contributed by atoms with Crippen LogP contribution in [-0.2, 0) is 10.8 Å². The molecular formula is C37H30. The molecule has 0 fully saturated rings. The molecule has 0 amide bonds. The minimum atomic E-state index is -0.105. The summed E-state index contributed by atoms with van der Waals surface area (Å²) in [6, 6.07) is 33.6. The van der Waals surface area contributed by atoms with Gasteiger partial charge in [0.15, 0.2) is 0 Å². The normalized spacial score (nSPS) is 15.4. The Bertz CT molecular complexity index is 1820. The van der Waals surface area contributed by atoms with Crippen LogP contribution in [0.3, 0.4) is 0 Å². The summed E-state index contributed by atoms with van der Waals surface area (Å²) < 4.78 is 0. The molecule has 0 aromatic heterocycles. The Labute approximate surface area is 220 Å². The molecular weight excluding hydrogens is 444 g/mol. The monoisotopic (exact) mass is 474 g/mol. The SMILES string of the molecule is Cc1ccc(C#Cc2cc3c(c4ccccc24)-c2cc4c(cc2C3(C)C)-c2ccccc2C4(C)C)cc1. The van der Waals surface area contributed by atoms with E-state index in [0.717, 1.165) is 11.1 Å². The Kier molecular flexibility index (Phi) is 4.47. The molecule has 0 radical (unpaired) electrons. The van der Waals surface area contributed by atoms with E-state index >= 15 is 0 Å². The fourth-order valence-electron chi connectivity index (χ4n) is 6.65. The second kappa shape index (κ2) is 7.47. The van der Waals surface area contributed by atoms with E-state index in [1.54, 1.807) is 0 Å². The molecule has 0 nitrogen and oxygen atoms in total. The Balaban J connectivity index is 1.49. The Morgan fingerprint density at radius 2 is 1.14 bits per heavy atom. The topological polar surface area (TPSA) is 0 Å². The lowest BCUT2D eigenvalue weighted by molar-refractivity contribution is 0.652. The van der Waals surface area contributed by atoms with Crippen LogP contribution < -0.4 is 0 Å². The molecule has 0 heteroatoms. The first kappa shape index (κ1) is 22.1. The van der Waals surface area contributed by atoms with Crippen molar-refractivity contribution >= 4 is 10.8 Å². The minimum Gasteiger partial charge on any atom is -0.0619 e. The fraction of sp³-hybridized carbons (Fsp3) is 0.189. The third kappa shape index (κ3) is 3.04. The highest BCUT2D eigenvalue weighted by atomic mass is 14.4. The first-order valence-corrected chi connectivity index (χ1v) is 13.2. The molecule has 0 saturated heterocycles. The average molecular weight is 475 g/mol. The second-order valence-electron chi connectivity index (χ2n) is 11.7. The Morgan fingerprint density at radius 1 is 0.514 bits per heavy atom. The zero-order valence-corrected chi connectivity index (χ0v) is 22.2. The third-order valence-corrected chi connectivity index (χ3v) is 8.78. The maximum absolute atomic E-state index is 3.54. The van der Waals surface area contributed by atoms with Gasteiger partial charge in [-0.1, -0.05) is 106 Å². The van der Waals surface area contributed by atoms with Crippen molar-refractivity contribution in [3.05, 3.63) is 130 Å². The lowest BCUT2D eigenvalue weighted by Gasteiger charge is -2.24. The summed E-state index contributed by atoms with van der Waals surface area (Å²) in [6.45, 7) is 11.6. The molecule has 0 unspecified atom stereocenters. The van der Waals surface area contributed by atoms with Gasteiger partial charge >= 0.3 is 0 Å². The summed E-state index contributed by atoms with van der Waals surface area (Å²) in [5.41, 5.74) is 14.5. The van der Waals surface area contributed by atoms with Crippen LogP contribution in [0, 0.1) is 18.8 Å². The van der Waals surface area contributed by atoms with Gasteiger partial charge in [0.05, 0.1) is 0 Å². The zero-order valence-electron chi connectivity index (χ0n) is 22.2. The maximum atomic E-state index is 3.54. The molecule has 2 aliphatic carbocycles. The van der Waals surface area contributed by atoms with Crippen LogP contribution in [-0.4, -0.2) is 0 Å². The standard InChI is InChI=1S/C37H30/c1-23-14-16-24(17-15-23)18-19-25-20-34-35(28-12-7-6-10-26(25)28)30-22-32-29(21-33(30)37(34,4)5)27-11-8-9-13-31(27)36(32,2)3/h6-17,20-22H,1-5H3. The quantitative estimate of drug-likeness (QED) is 0.196. The smallest absolute Gasteiger partial charge is 0.0331 e. The number of fused-ring (bicyclic) bond motifs is 8. The van der Waals surface area contributed by atoms with Gasteiger partial charge in [0.25, 0.3) is 0 Å². The minimum absolute atomic E-state index is 0.0108. The molecule has 0 aliphatic heterocycles. The van der Waals surface area contributed by atoms with E-state index < -0.39 is 0 Å². The largest absolute Gasteiger partial charge is 0.0619 e. The van der Waals surface area contributed by atoms with Crippen molar-refractivity contribution in [1.82, 2.24) is 0 Å². The molecule has 5 aromatic rings. The van der Waals surface area contributed by atoms with Crippen molar-refractivity contribution in [2.24, 2.45) is 0 Å². The number of hydrogen-bond donors (Lipinski definition) is 0. The first-order valence-electron chi connectivity index (χ1n) is 13.2. The van der Waals surface area contributed by atoms with Crippen LogP contribution in [0.2, 0.25) is 0 Å². The Morgan fingerprint density at radius 3 is 1.92 bits per heavy atom. The summed E-state index contributed by atoms with van der Waals surface area (Å²) in [7, 11) is 0. The summed E-state index contributed by atoms with van der Waals surface area (Å²) in [5.74, 6) is 6.97. The van der Waals surface area contributed by atoms with Crippen molar-refractivity contribution in [2.75, 3.05) is 0 Å². The van der Waals surface area contributed by atoms with Crippen LogP contribution in [0.1, 0.15) is 66.6 Å². The van der Waals surface area contributed by atoms with E-state index in [2.05, 4.69) is 137 Å². The zero-order chi connectivity index (χ0) is 25.5. The average Bonchev–Trinajstić information content (AvgIpc) is 3.27. The summed E-state index contributed by atoms with van der Waals surface area (Å²) in [5, 5.41) is 2.53. The lowest BCUT2D eigenvalue weighted by Crippen LogP contribution is -2.17. The van der Waals surface area contributed by atoms with Gasteiger partial charge in [-0.05, 0) is 92.5 Å². The molecule has 0 atom stereocenters. The molecule has 0 saturated carbocycles. The van der Waals surface area contributed by atoms with E-state index in [0.29, 0.717) is 0 Å². The van der Waals surface area contributed by atoms with Crippen molar-refractivity contribution in [2.45, 2.75) is 45.4 Å². The fourth-order valence-corrected chi connectivity index (χ4v) is 6.65. The molecule has 0 heterocycles. The number of aryl methyl sites for hydroxylation is 1. The van der Waals surface area contributed by atoms with E-state index in [-0.39, 0.29) is 10.8 Å². The van der Waals surface area contributed by atoms with E-state index in [4.69, 9.17) is 0 Å². The molecule has 178 valence electrons. The highest BCUT2D eigenvalue weighted by Crippen LogP contribution is 2.57. The summed E-state index contributed by atoms with van der Waals surface area (Å²) >= 11 is 0. The van der Waals surface area contributed by atoms with Crippen LogP contribution in [0.5, 0.6) is 0 Å². The summed E-state index contributed by atoms with van der Waals surface area (Å²) in [6.07, 6.45) is 0. The van der Waals surface area contributed by atoms with Crippen LogP contribution in [0.4, 0.5) is 0 Å². The van der Waals surface area contributed by atoms with Gasteiger partial charge in [-0.2, -0.15) is 0 Å². The van der Waals surface area contributed by atoms with Crippen LogP contribution in [0.15, 0.2) is 91.0 Å². The van der Waals surface area contributed by atoms with Gasteiger partial charge in [-0.15, -0.1) is 0 Å². The highest BCUT2D eigenvalue weighted by Gasteiger charge is 2.42. The van der Waals surface area contributed by atoms with Gasteiger partial charge in [0, 0.05) is 22.0 Å². The van der Waals surface area contributed by atoms with E-state index in [9.17, 15) is 0 Å². The van der Waals surface area contributed by atoms with E-state index in [1.807, 2.05) is 0 Å². The first-order chi connectivity index (χ1) is 17.8. The van der Waals surface area contributed by atoms with Crippen molar-refractivity contribution < 1.29 is 0 Å². The Hall–Kier alpha value is -4.08. The van der Waals surface area contributed by atoms with Crippen LogP contribution in [0.25, 0.3) is 33.0 Å². The predicted molar refractivity (Wildman–Crippen MR) is 156 cm³/mol. The van der Waals surface area contributed by atoms with Gasteiger partial charge in [0.1, 0.15) is 0 Å². The molecule has 7 rings (SSSR count). The molecule has 37 heavy (non-hydrogen) atoms. The number of rotatable bonds is 0. The van der Waals surface area contributed by atoms with Crippen LogP contribution >= 0.6 is 0 Å². The van der Waals surface area contributed by atoms with Crippen molar-refractivity contribution in [3.63, 3.8) is 0 Å². The summed E-state index contributed by atoms with van der Waals surface area (Å²) in [4.78, 5) is 0. The van der Waals surface area contributed by atoms with Gasteiger partial charge in [-0.25, -0.2) is 0 Å². The van der Waals surface area contributed by atoms with Gasteiger partial charge < -0.3 is 0 Å². The highest BCUT2D eigenvalue weighted by molar-refractivity contribution is 6.06. The van der Waals surface area contributed by atoms with E-state index in [1.165, 1.54) is 60.8 Å². The van der Waals surface area contributed by atoms with Crippen molar-refractivity contribution in [3.8, 4) is 34.1 Å². The van der Waals surface area contributed by atoms with Crippen molar-refractivity contribution in [1.29, 1.82) is 0 Å². The number of hydrogen-bond acceptors (Lipinski definition) is 0. The van der Waals surface area contributed by atoms with Gasteiger partial charge in [-0.3, -0.25) is 0 Å². The molecule has 0 N–H and O–H groups in total. The molecule has 2 aliphatic rings. The molecule has 5 aromatic carbocycles. The molecule has 0 bridgehead atoms.